The molecule has 1 heterocycles. The number of rotatable bonds is 6. The molecule has 0 radical (unpaired) electrons. The van der Waals surface area contributed by atoms with Crippen molar-refractivity contribution in [1.29, 1.82) is 0 Å². The van der Waals surface area contributed by atoms with Crippen molar-refractivity contribution in [2.24, 2.45) is 0 Å². The number of halogens is 2. The Hall–Kier alpha value is -2.47. The van der Waals surface area contributed by atoms with Crippen molar-refractivity contribution in [1.82, 2.24) is 10.5 Å². The van der Waals surface area contributed by atoms with E-state index in [0.717, 1.165) is 15.6 Å². The van der Waals surface area contributed by atoms with Gasteiger partial charge in [0.2, 0.25) is 5.91 Å². The topological polar surface area (TPSA) is 55.1 Å². The van der Waals surface area contributed by atoms with E-state index in [1.165, 1.54) is 18.4 Å². The standard InChI is InChI=1S/C19H16BrFN2O2/c20-16-5-1-3-13(9-16)11-22-18(24)8-7-15-12-25-23-19(15)14-4-2-6-17(21)10-14/h1-6,9-10,12H,7-8,11H2,(H,22,24). The number of nitrogens with zero attached hydrogens (tertiary/aromatic N) is 1. The molecule has 1 N–H and O–H groups in total. The quantitative estimate of drug-likeness (QED) is 0.660. The second kappa shape index (κ2) is 8.07. The molecule has 4 nitrogen and oxygen atoms in total. The fourth-order valence-electron chi connectivity index (χ4n) is 2.49. The van der Waals surface area contributed by atoms with Gasteiger partial charge in [0.05, 0.1) is 0 Å². The zero-order valence-corrected chi connectivity index (χ0v) is 14.9. The van der Waals surface area contributed by atoms with E-state index in [-0.39, 0.29) is 11.7 Å². The van der Waals surface area contributed by atoms with Gasteiger partial charge in [-0.3, -0.25) is 4.79 Å². The fourth-order valence-corrected chi connectivity index (χ4v) is 2.94. The molecule has 0 aliphatic carbocycles. The van der Waals surface area contributed by atoms with Crippen molar-refractivity contribution >= 4 is 21.8 Å². The molecule has 1 aromatic heterocycles. The molecule has 0 saturated carbocycles. The van der Waals surface area contributed by atoms with Crippen LogP contribution < -0.4 is 5.32 Å². The van der Waals surface area contributed by atoms with Crippen LogP contribution in [0.2, 0.25) is 0 Å². The molecule has 128 valence electrons. The summed E-state index contributed by atoms with van der Waals surface area (Å²) in [6, 6.07) is 13.9. The van der Waals surface area contributed by atoms with Crippen LogP contribution in [0, 0.1) is 5.82 Å². The van der Waals surface area contributed by atoms with Gasteiger partial charge in [0.25, 0.3) is 0 Å². The Bertz CT molecular complexity index is 879. The largest absolute Gasteiger partial charge is 0.364 e. The van der Waals surface area contributed by atoms with E-state index in [0.29, 0.717) is 30.6 Å². The monoisotopic (exact) mass is 402 g/mol. The molecule has 0 fully saturated rings. The Morgan fingerprint density at radius 1 is 1.20 bits per heavy atom. The smallest absolute Gasteiger partial charge is 0.220 e. The van der Waals surface area contributed by atoms with Crippen LogP contribution in [0.1, 0.15) is 17.5 Å². The first-order valence-electron chi connectivity index (χ1n) is 7.82. The summed E-state index contributed by atoms with van der Waals surface area (Å²) in [5.41, 5.74) is 3.01. The molecule has 25 heavy (non-hydrogen) atoms. The molecule has 1 amide bonds. The molecule has 0 bridgehead atoms. The van der Waals surface area contributed by atoms with Gasteiger partial charge in [-0.05, 0) is 36.2 Å². The van der Waals surface area contributed by atoms with E-state index in [9.17, 15) is 9.18 Å². The number of carbonyl (C=O) groups is 1. The molecular weight excluding hydrogens is 387 g/mol. The minimum absolute atomic E-state index is 0.0635. The van der Waals surface area contributed by atoms with Gasteiger partial charge in [-0.2, -0.15) is 0 Å². The zero-order chi connectivity index (χ0) is 17.6. The lowest BCUT2D eigenvalue weighted by Crippen LogP contribution is -2.23. The Labute approximate surface area is 153 Å². The van der Waals surface area contributed by atoms with Crippen LogP contribution in [0.15, 0.2) is 63.8 Å². The maximum absolute atomic E-state index is 13.4. The number of nitrogens with one attached hydrogen (secondary N) is 1. The van der Waals surface area contributed by atoms with Crippen molar-refractivity contribution in [2.75, 3.05) is 0 Å². The van der Waals surface area contributed by atoms with Crippen molar-refractivity contribution in [3.63, 3.8) is 0 Å². The van der Waals surface area contributed by atoms with E-state index >= 15 is 0 Å². The summed E-state index contributed by atoms with van der Waals surface area (Å²) in [5.74, 6) is -0.399. The Kier molecular flexibility index (Phi) is 5.60. The number of hydrogen-bond donors (Lipinski definition) is 1. The molecule has 2 aromatic carbocycles. The number of aryl methyl sites for hydroxylation is 1. The molecule has 3 rings (SSSR count). The molecule has 0 unspecified atom stereocenters. The highest BCUT2D eigenvalue weighted by atomic mass is 79.9. The lowest BCUT2D eigenvalue weighted by atomic mass is 10.0. The second-order valence-corrected chi connectivity index (χ2v) is 6.52. The number of aromatic nitrogens is 1. The molecular formula is C19H16BrFN2O2. The van der Waals surface area contributed by atoms with E-state index in [1.807, 2.05) is 24.3 Å². The summed E-state index contributed by atoms with van der Waals surface area (Å²) in [4.78, 5) is 12.1. The summed E-state index contributed by atoms with van der Waals surface area (Å²) >= 11 is 3.40. The first-order chi connectivity index (χ1) is 12.1. The summed E-state index contributed by atoms with van der Waals surface area (Å²) in [6.07, 6.45) is 2.28. The molecule has 3 aromatic rings. The number of hydrogen-bond acceptors (Lipinski definition) is 3. The van der Waals surface area contributed by atoms with Gasteiger partial charge in [0.1, 0.15) is 17.8 Å². The molecule has 0 aliphatic heterocycles. The van der Waals surface area contributed by atoms with Crippen LogP contribution in [-0.2, 0) is 17.8 Å². The van der Waals surface area contributed by atoms with Gasteiger partial charge < -0.3 is 9.84 Å². The van der Waals surface area contributed by atoms with Crippen molar-refractivity contribution in [3.05, 3.63) is 76.2 Å². The van der Waals surface area contributed by atoms with Gasteiger partial charge in [-0.1, -0.05) is 45.4 Å². The Balaban J connectivity index is 1.57. The molecule has 0 aliphatic rings. The first kappa shape index (κ1) is 17.4. The third-order valence-electron chi connectivity index (χ3n) is 3.74. The van der Waals surface area contributed by atoms with Crippen LogP contribution in [0.4, 0.5) is 4.39 Å². The summed E-state index contributed by atoms with van der Waals surface area (Å²) in [7, 11) is 0. The van der Waals surface area contributed by atoms with Crippen LogP contribution in [0.3, 0.4) is 0 Å². The summed E-state index contributed by atoms with van der Waals surface area (Å²) in [6.45, 7) is 0.471. The van der Waals surface area contributed by atoms with E-state index in [4.69, 9.17) is 4.52 Å². The zero-order valence-electron chi connectivity index (χ0n) is 13.3. The summed E-state index contributed by atoms with van der Waals surface area (Å²) < 4.78 is 19.3. The minimum Gasteiger partial charge on any atom is -0.364 e. The van der Waals surface area contributed by atoms with E-state index in [1.54, 1.807) is 12.1 Å². The first-order valence-corrected chi connectivity index (χ1v) is 8.61. The van der Waals surface area contributed by atoms with Gasteiger partial charge >= 0.3 is 0 Å². The van der Waals surface area contributed by atoms with Crippen LogP contribution in [0.5, 0.6) is 0 Å². The van der Waals surface area contributed by atoms with Crippen LogP contribution >= 0.6 is 15.9 Å². The van der Waals surface area contributed by atoms with Crippen LogP contribution in [0.25, 0.3) is 11.3 Å². The third kappa shape index (κ3) is 4.76. The Morgan fingerprint density at radius 2 is 2.04 bits per heavy atom. The fraction of sp³-hybridized carbons (Fsp3) is 0.158. The van der Waals surface area contributed by atoms with Gasteiger partial charge in [0, 0.05) is 28.6 Å². The van der Waals surface area contributed by atoms with E-state index in [2.05, 4.69) is 26.4 Å². The summed E-state index contributed by atoms with van der Waals surface area (Å²) in [5, 5.41) is 6.82. The minimum atomic E-state index is -0.335. The average Bonchev–Trinajstić information content (AvgIpc) is 3.07. The SMILES string of the molecule is O=C(CCc1conc1-c1cccc(F)c1)NCc1cccc(Br)c1. The molecule has 0 atom stereocenters. The molecule has 6 heteroatoms. The van der Waals surface area contributed by atoms with Gasteiger partial charge in [0.15, 0.2) is 0 Å². The highest BCUT2D eigenvalue weighted by Crippen LogP contribution is 2.23. The predicted molar refractivity (Wildman–Crippen MR) is 96.2 cm³/mol. The maximum atomic E-state index is 13.4. The number of carbonyl (C=O) groups excluding carboxylic acids is 1. The lowest BCUT2D eigenvalue weighted by molar-refractivity contribution is -0.121. The molecule has 0 spiro atoms. The lowest BCUT2D eigenvalue weighted by Gasteiger charge is -2.06. The van der Waals surface area contributed by atoms with Gasteiger partial charge in [-0.25, -0.2) is 4.39 Å². The maximum Gasteiger partial charge on any atom is 0.220 e. The van der Waals surface area contributed by atoms with E-state index < -0.39 is 0 Å². The van der Waals surface area contributed by atoms with Gasteiger partial charge in [-0.15, -0.1) is 0 Å². The average molecular weight is 403 g/mol. The van der Waals surface area contributed by atoms with Crippen LogP contribution in [-0.4, -0.2) is 11.1 Å². The third-order valence-corrected chi connectivity index (χ3v) is 4.23. The highest BCUT2D eigenvalue weighted by molar-refractivity contribution is 9.10. The Morgan fingerprint density at radius 3 is 2.84 bits per heavy atom. The van der Waals surface area contributed by atoms with Crippen molar-refractivity contribution < 1.29 is 13.7 Å². The number of amides is 1. The normalized spacial score (nSPS) is 10.6. The predicted octanol–water partition coefficient (Wildman–Crippen LogP) is 4.49. The van der Waals surface area contributed by atoms with Crippen molar-refractivity contribution in [2.45, 2.75) is 19.4 Å². The highest BCUT2D eigenvalue weighted by Gasteiger charge is 2.12. The molecule has 0 saturated heterocycles. The van der Waals surface area contributed by atoms with Crippen molar-refractivity contribution in [3.8, 4) is 11.3 Å². The second-order valence-electron chi connectivity index (χ2n) is 5.61. The number of benzene rings is 2.